The van der Waals surface area contributed by atoms with Crippen molar-refractivity contribution < 1.29 is 19.3 Å². The first-order chi connectivity index (χ1) is 15.4. The number of aromatic hydroxyl groups is 1. The summed E-state index contributed by atoms with van der Waals surface area (Å²) in [6.45, 7) is 0.682. The smallest absolute Gasteiger partial charge is 0.335 e. The number of aromatic nitrogens is 2. The van der Waals surface area contributed by atoms with Crippen LogP contribution in [0, 0.1) is 0 Å². The largest absolute Gasteiger partial charge is 0.494 e. The van der Waals surface area contributed by atoms with Gasteiger partial charge in [-0.2, -0.15) is 0 Å². The Bertz CT molecular complexity index is 1330. The minimum atomic E-state index is -0.755. The number of aromatic amines is 1. The molecule has 2 aliphatic heterocycles. The van der Waals surface area contributed by atoms with E-state index in [1.807, 2.05) is 18.0 Å². The van der Waals surface area contributed by atoms with Gasteiger partial charge in [-0.05, 0) is 49.4 Å². The predicted molar refractivity (Wildman–Crippen MR) is 117 cm³/mol. The number of ether oxygens (including phenoxy) is 3. The maximum absolute atomic E-state index is 13.0. The van der Waals surface area contributed by atoms with Crippen LogP contribution in [0.25, 0.3) is 5.69 Å². The van der Waals surface area contributed by atoms with Crippen molar-refractivity contribution in [1.29, 1.82) is 0 Å². The van der Waals surface area contributed by atoms with Gasteiger partial charge in [0.2, 0.25) is 18.4 Å². The lowest BCUT2D eigenvalue weighted by Crippen LogP contribution is -2.39. The Balaban J connectivity index is 1.78. The van der Waals surface area contributed by atoms with Crippen LogP contribution >= 0.6 is 11.6 Å². The van der Waals surface area contributed by atoms with Gasteiger partial charge >= 0.3 is 5.69 Å². The number of halogens is 1. The number of nitrogens with one attached hydrogen (secondary N) is 1. The fourth-order valence-corrected chi connectivity index (χ4v) is 4.54. The van der Waals surface area contributed by atoms with Crippen LogP contribution in [0.1, 0.15) is 22.7 Å². The summed E-state index contributed by atoms with van der Waals surface area (Å²) in [5.41, 5.74) is 0.563. The van der Waals surface area contributed by atoms with Crippen molar-refractivity contribution in [3.05, 3.63) is 72.9 Å². The van der Waals surface area contributed by atoms with Crippen molar-refractivity contribution in [2.45, 2.75) is 12.5 Å². The van der Waals surface area contributed by atoms with Crippen molar-refractivity contribution in [1.82, 2.24) is 14.5 Å². The van der Waals surface area contributed by atoms with E-state index in [1.165, 1.54) is 7.11 Å². The summed E-state index contributed by atoms with van der Waals surface area (Å²) in [6, 6.07) is 7.55. The maximum atomic E-state index is 13.0. The fourth-order valence-electron chi connectivity index (χ4n) is 4.41. The lowest BCUT2D eigenvalue weighted by molar-refractivity contribution is 0.170. The second-order valence-electron chi connectivity index (χ2n) is 7.66. The number of fused-ring (bicyclic) bond motifs is 2. The van der Waals surface area contributed by atoms with Gasteiger partial charge in [0.25, 0.3) is 5.56 Å². The van der Waals surface area contributed by atoms with Crippen molar-refractivity contribution in [2.75, 3.05) is 27.5 Å². The molecule has 10 heteroatoms. The molecule has 1 aromatic heterocycles. The Morgan fingerprint density at radius 1 is 1.19 bits per heavy atom. The van der Waals surface area contributed by atoms with Gasteiger partial charge in [-0.15, -0.1) is 0 Å². The lowest BCUT2D eigenvalue weighted by Gasteiger charge is -2.35. The van der Waals surface area contributed by atoms with Gasteiger partial charge in [0.05, 0.1) is 24.4 Å². The quantitative estimate of drug-likeness (QED) is 0.621. The SMILES string of the molecule is COc1c2c(cc3c1[C@H](c1c(O)n(-c4ccc(Cl)cc4)c(=O)[nH]c1=O)N(C)CC3)OCO2. The molecule has 1 atom stereocenters. The number of benzene rings is 2. The third kappa shape index (κ3) is 3.04. The molecule has 9 nitrogen and oxygen atoms in total. The van der Waals surface area contributed by atoms with E-state index in [4.69, 9.17) is 25.8 Å². The summed E-state index contributed by atoms with van der Waals surface area (Å²) in [5, 5.41) is 11.7. The van der Waals surface area contributed by atoms with Crippen molar-refractivity contribution in [3.8, 4) is 28.8 Å². The molecule has 0 saturated carbocycles. The number of likely N-dealkylation sites (N-methyl/N-ethyl adjacent to an activating group) is 1. The molecule has 0 aliphatic carbocycles. The molecule has 32 heavy (non-hydrogen) atoms. The molecule has 2 N–H and O–H groups in total. The molecule has 5 rings (SSSR count). The first-order valence-corrected chi connectivity index (χ1v) is 10.3. The zero-order valence-electron chi connectivity index (χ0n) is 17.3. The van der Waals surface area contributed by atoms with Gasteiger partial charge in [0.15, 0.2) is 11.5 Å². The molecule has 2 aromatic carbocycles. The van der Waals surface area contributed by atoms with E-state index in [0.29, 0.717) is 46.5 Å². The van der Waals surface area contributed by atoms with Crippen LogP contribution in [-0.2, 0) is 6.42 Å². The number of hydrogen-bond donors (Lipinski definition) is 2. The molecule has 0 fully saturated rings. The molecular weight excluding hydrogens is 438 g/mol. The standard InChI is InChI=1S/C22H20ClN3O6/c1-25-8-7-11-9-14-18(32-10-31-14)19(30-2)15(11)17(25)16-20(27)24-22(29)26(21(16)28)13-5-3-12(23)4-6-13/h3-6,9,17,28H,7-8,10H2,1-2H3,(H,24,27,29)/t17-/m1/s1. The van der Waals surface area contributed by atoms with Gasteiger partial charge in [-0.1, -0.05) is 11.6 Å². The topological polar surface area (TPSA) is 106 Å². The van der Waals surface area contributed by atoms with E-state index in [9.17, 15) is 14.7 Å². The Kier molecular flexibility index (Phi) is 4.87. The van der Waals surface area contributed by atoms with E-state index >= 15 is 0 Å². The lowest BCUT2D eigenvalue weighted by atomic mass is 9.87. The second kappa shape index (κ2) is 7.61. The monoisotopic (exact) mass is 457 g/mol. The molecule has 0 amide bonds. The van der Waals surface area contributed by atoms with E-state index < -0.39 is 23.2 Å². The third-order valence-corrected chi connectivity index (χ3v) is 6.13. The fraction of sp³-hybridized carbons (Fsp3) is 0.273. The number of H-pyrrole nitrogens is 1. The van der Waals surface area contributed by atoms with Crippen LogP contribution in [0.2, 0.25) is 5.02 Å². The van der Waals surface area contributed by atoms with Gasteiger partial charge in [-0.25, -0.2) is 9.36 Å². The van der Waals surface area contributed by atoms with E-state index in [2.05, 4.69) is 4.98 Å². The number of methoxy groups -OCH3 is 1. The highest BCUT2D eigenvalue weighted by molar-refractivity contribution is 6.30. The highest BCUT2D eigenvalue weighted by atomic mass is 35.5. The number of nitrogens with zero attached hydrogens (tertiary/aromatic N) is 2. The van der Waals surface area contributed by atoms with Crippen LogP contribution in [-0.4, -0.2) is 47.1 Å². The van der Waals surface area contributed by atoms with Gasteiger partial charge < -0.3 is 19.3 Å². The molecule has 3 heterocycles. The van der Waals surface area contributed by atoms with E-state index in [1.54, 1.807) is 24.3 Å². The van der Waals surface area contributed by atoms with E-state index in [-0.39, 0.29) is 12.4 Å². The van der Waals surface area contributed by atoms with Crippen molar-refractivity contribution in [3.63, 3.8) is 0 Å². The van der Waals surface area contributed by atoms with E-state index in [0.717, 1.165) is 10.1 Å². The van der Waals surface area contributed by atoms with Gasteiger partial charge in [0, 0.05) is 17.1 Å². The summed E-state index contributed by atoms with van der Waals surface area (Å²) in [7, 11) is 3.36. The zero-order valence-corrected chi connectivity index (χ0v) is 18.1. The van der Waals surface area contributed by atoms with Gasteiger partial charge in [0.1, 0.15) is 0 Å². The Morgan fingerprint density at radius 2 is 1.94 bits per heavy atom. The summed E-state index contributed by atoms with van der Waals surface area (Å²) in [4.78, 5) is 29.9. The molecule has 0 radical (unpaired) electrons. The predicted octanol–water partition coefficient (Wildman–Crippen LogP) is 2.20. The molecule has 0 bridgehead atoms. The molecule has 0 saturated heterocycles. The number of rotatable bonds is 3. The molecule has 0 unspecified atom stereocenters. The van der Waals surface area contributed by atoms with Crippen LogP contribution < -0.4 is 25.5 Å². The minimum absolute atomic E-state index is 0.0279. The average Bonchev–Trinajstić information content (AvgIpc) is 3.23. The summed E-state index contributed by atoms with van der Waals surface area (Å²) in [6.07, 6.45) is 0.685. The second-order valence-corrected chi connectivity index (χ2v) is 8.09. The Morgan fingerprint density at radius 3 is 2.66 bits per heavy atom. The van der Waals surface area contributed by atoms with Crippen LogP contribution in [0.5, 0.6) is 23.1 Å². The first-order valence-electron chi connectivity index (χ1n) is 9.94. The van der Waals surface area contributed by atoms with Crippen molar-refractivity contribution in [2.24, 2.45) is 0 Å². The number of hydrogen-bond acceptors (Lipinski definition) is 7. The third-order valence-electron chi connectivity index (χ3n) is 5.87. The van der Waals surface area contributed by atoms with Gasteiger partial charge in [-0.3, -0.25) is 14.7 Å². The van der Waals surface area contributed by atoms with Crippen LogP contribution in [0.15, 0.2) is 39.9 Å². The summed E-state index contributed by atoms with van der Waals surface area (Å²) < 4.78 is 17.9. The van der Waals surface area contributed by atoms with Crippen molar-refractivity contribution >= 4 is 11.6 Å². The average molecular weight is 458 g/mol. The Labute approximate surface area is 187 Å². The van der Waals surface area contributed by atoms with Crippen LogP contribution in [0.3, 0.4) is 0 Å². The highest BCUT2D eigenvalue weighted by Gasteiger charge is 2.38. The summed E-state index contributed by atoms with van der Waals surface area (Å²) in [5.74, 6) is 1.02. The molecule has 3 aromatic rings. The summed E-state index contributed by atoms with van der Waals surface area (Å²) >= 11 is 5.96. The zero-order chi connectivity index (χ0) is 22.6. The molecule has 166 valence electrons. The Hall–Kier alpha value is -3.43. The first kappa shape index (κ1) is 20.5. The van der Waals surface area contributed by atoms with Crippen LogP contribution in [0.4, 0.5) is 0 Å². The highest BCUT2D eigenvalue weighted by Crippen LogP contribution is 2.51. The maximum Gasteiger partial charge on any atom is 0.335 e. The molecular formula is C22H20ClN3O6. The molecule has 2 aliphatic rings. The minimum Gasteiger partial charge on any atom is -0.494 e. The normalized spacial score (nSPS) is 17.3. The molecule has 0 spiro atoms.